The van der Waals surface area contributed by atoms with Crippen LogP contribution in [0.3, 0.4) is 0 Å². The zero-order valence-electron chi connectivity index (χ0n) is 20.7. The lowest BCUT2D eigenvalue weighted by Crippen LogP contribution is -2.37. The molecule has 2 N–H and O–H groups in total. The third-order valence-electron chi connectivity index (χ3n) is 7.36. The van der Waals surface area contributed by atoms with Crippen LogP contribution in [-0.2, 0) is 11.2 Å². The molecule has 10 heteroatoms. The fraction of sp³-hybridized carbons (Fsp3) is 0.538. The average molecular weight is 491 g/mol. The lowest BCUT2D eigenvalue weighted by molar-refractivity contribution is 0.0378. The summed E-state index contributed by atoms with van der Waals surface area (Å²) in [6.07, 6.45) is 14.9. The van der Waals surface area contributed by atoms with Crippen LogP contribution < -0.4 is 15.0 Å². The molecule has 190 valence electrons. The highest BCUT2D eigenvalue weighted by Gasteiger charge is 2.29. The van der Waals surface area contributed by atoms with Crippen LogP contribution in [0.5, 0.6) is 5.75 Å². The van der Waals surface area contributed by atoms with Crippen molar-refractivity contribution in [3.8, 4) is 5.75 Å². The van der Waals surface area contributed by atoms with Gasteiger partial charge >= 0.3 is 0 Å². The number of imidazole rings is 1. The topological polar surface area (TPSA) is 104 Å². The van der Waals surface area contributed by atoms with Gasteiger partial charge in [0.05, 0.1) is 31.8 Å². The van der Waals surface area contributed by atoms with E-state index < -0.39 is 0 Å². The highest BCUT2D eigenvalue weighted by molar-refractivity contribution is 5.83. The molecule has 0 bridgehead atoms. The van der Waals surface area contributed by atoms with Gasteiger partial charge in [0.15, 0.2) is 11.5 Å². The van der Waals surface area contributed by atoms with Gasteiger partial charge in [-0.25, -0.2) is 19.9 Å². The highest BCUT2D eigenvalue weighted by atomic mass is 16.5. The number of fused-ring (bicyclic) bond motifs is 2. The van der Waals surface area contributed by atoms with Crippen molar-refractivity contribution in [1.29, 1.82) is 0 Å². The monoisotopic (exact) mass is 490 g/mol. The molecular weight excluding hydrogens is 456 g/mol. The predicted octanol–water partition coefficient (Wildman–Crippen LogP) is 2.89. The molecule has 2 saturated heterocycles. The predicted molar refractivity (Wildman–Crippen MR) is 140 cm³/mol. The Morgan fingerprint density at radius 2 is 2.08 bits per heavy atom. The number of morpholine rings is 1. The van der Waals surface area contributed by atoms with Crippen LogP contribution >= 0.6 is 0 Å². The number of ether oxygens (including phenoxy) is 2. The van der Waals surface area contributed by atoms with Crippen LogP contribution in [0.25, 0.3) is 17.2 Å². The van der Waals surface area contributed by atoms with Gasteiger partial charge in [0, 0.05) is 37.3 Å². The quantitative estimate of drug-likeness (QED) is 0.438. The molecular formula is C26H34N8O2. The van der Waals surface area contributed by atoms with E-state index in [2.05, 4.69) is 47.2 Å². The number of anilines is 2. The molecule has 0 radical (unpaired) electrons. The second kappa shape index (κ2) is 10.8. The number of allylic oxidation sites excluding steroid dienone is 1. The van der Waals surface area contributed by atoms with Gasteiger partial charge in [-0.15, -0.1) is 0 Å². The molecule has 10 nitrogen and oxygen atoms in total. The molecule has 3 aromatic rings. The summed E-state index contributed by atoms with van der Waals surface area (Å²) in [7, 11) is 0. The first kappa shape index (κ1) is 23.2. The number of H-pyrrole nitrogens is 1. The fourth-order valence-electron chi connectivity index (χ4n) is 5.46. The third kappa shape index (κ3) is 4.87. The second-order valence-electron chi connectivity index (χ2n) is 9.64. The van der Waals surface area contributed by atoms with Gasteiger partial charge < -0.3 is 24.7 Å². The van der Waals surface area contributed by atoms with E-state index in [0.717, 1.165) is 101 Å². The van der Waals surface area contributed by atoms with Crippen molar-refractivity contribution in [3.63, 3.8) is 0 Å². The van der Waals surface area contributed by atoms with Gasteiger partial charge in [-0.1, -0.05) is 12.2 Å². The number of hydrogen-bond acceptors (Lipinski definition) is 9. The first-order valence-corrected chi connectivity index (χ1v) is 13.1. The second-order valence-corrected chi connectivity index (χ2v) is 9.64. The summed E-state index contributed by atoms with van der Waals surface area (Å²) in [4.78, 5) is 25.9. The maximum absolute atomic E-state index is 6.44. The number of rotatable bonds is 9. The SMILES string of the molecule is C1=Cc2c(NCCCN3CCOCC3)ncc(OCC3CCCN3c3ncnc4nc[nH]c34)c2CC1. The van der Waals surface area contributed by atoms with Crippen LogP contribution in [0.2, 0.25) is 0 Å². The van der Waals surface area contributed by atoms with Crippen LogP contribution in [0.4, 0.5) is 11.6 Å². The zero-order chi connectivity index (χ0) is 24.2. The zero-order valence-corrected chi connectivity index (χ0v) is 20.7. The molecule has 0 amide bonds. The molecule has 6 rings (SSSR count). The molecule has 1 atom stereocenters. The lowest BCUT2D eigenvalue weighted by atomic mass is 9.97. The van der Waals surface area contributed by atoms with Crippen molar-refractivity contribution in [1.82, 2.24) is 29.8 Å². The Morgan fingerprint density at radius 1 is 1.14 bits per heavy atom. The van der Waals surface area contributed by atoms with E-state index in [1.807, 2.05) is 6.20 Å². The molecule has 0 spiro atoms. The van der Waals surface area contributed by atoms with Crippen molar-refractivity contribution < 1.29 is 9.47 Å². The van der Waals surface area contributed by atoms with Crippen molar-refractivity contribution in [2.75, 3.05) is 62.8 Å². The molecule has 2 fully saturated rings. The fourth-order valence-corrected chi connectivity index (χ4v) is 5.46. The van der Waals surface area contributed by atoms with E-state index in [1.165, 1.54) is 11.1 Å². The molecule has 3 aromatic heterocycles. The Kier molecular flexibility index (Phi) is 6.95. The van der Waals surface area contributed by atoms with Gasteiger partial charge in [0.2, 0.25) is 0 Å². The summed E-state index contributed by atoms with van der Waals surface area (Å²) < 4.78 is 11.9. The maximum atomic E-state index is 6.44. The highest BCUT2D eigenvalue weighted by Crippen LogP contribution is 2.34. The molecule has 3 aliphatic rings. The Morgan fingerprint density at radius 3 is 3.03 bits per heavy atom. The van der Waals surface area contributed by atoms with E-state index in [0.29, 0.717) is 12.3 Å². The number of aromatic nitrogens is 5. The maximum Gasteiger partial charge on any atom is 0.182 e. The number of pyridine rings is 1. The summed E-state index contributed by atoms with van der Waals surface area (Å²) in [6.45, 7) is 7.30. The van der Waals surface area contributed by atoms with Crippen LogP contribution in [0.1, 0.15) is 36.8 Å². The van der Waals surface area contributed by atoms with Crippen molar-refractivity contribution in [3.05, 3.63) is 36.1 Å². The molecule has 1 unspecified atom stereocenters. The Balaban J connectivity index is 1.11. The van der Waals surface area contributed by atoms with Crippen LogP contribution in [0.15, 0.2) is 24.9 Å². The van der Waals surface area contributed by atoms with Crippen molar-refractivity contribution in [2.24, 2.45) is 0 Å². The molecule has 36 heavy (non-hydrogen) atoms. The van der Waals surface area contributed by atoms with Crippen molar-refractivity contribution >= 4 is 28.9 Å². The van der Waals surface area contributed by atoms with Gasteiger partial charge in [-0.3, -0.25) is 4.90 Å². The third-order valence-corrected chi connectivity index (χ3v) is 7.36. The number of hydrogen-bond donors (Lipinski definition) is 2. The first-order valence-electron chi connectivity index (χ1n) is 13.1. The smallest absolute Gasteiger partial charge is 0.182 e. The standard InChI is InChI=1S/C26H34N8O2/c1-2-7-21-20(6-1)22(15-28-24(21)27-8-4-9-33-11-13-35-14-12-33)36-16-19-5-3-10-34(19)26-23-25(30-17-29-23)31-18-32-26/h2,7,15,17-19H,1,3-6,8-14,16H2,(H,27,28)(H,29,30,31,32). The summed E-state index contributed by atoms with van der Waals surface area (Å²) in [5.41, 5.74) is 4.01. The van der Waals surface area contributed by atoms with Gasteiger partial charge in [0.1, 0.15) is 30.0 Å². The van der Waals surface area contributed by atoms with E-state index in [1.54, 1.807) is 12.7 Å². The van der Waals surface area contributed by atoms with E-state index in [-0.39, 0.29) is 6.04 Å². The minimum atomic E-state index is 0.249. The van der Waals surface area contributed by atoms with Crippen LogP contribution in [0, 0.1) is 0 Å². The molecule has 5 heterocycles. The number of aromatic amines is 1. The molecule has 1 aliphatic carbocycles. The van der Waals surface area contributed by atoms with E-state index >= 15 is 0 Å². The molecule has 2 aliphatic heterocycles. The Labute approximate surface area is 211 Å². The van der Waals surface area contributed by atoms with Crippen LogP contribution in [-0.4, -0.2) is 88.4 Å². The lowest BCUT2D eigenvalue weighted by Gasteiger charge is -2.27. The average Bonchev–Trinajstić information content (AvgIpc) is 3.60. The van der Waals surface area contributed by atoms with Gasteiger partial charge in [-0.05, 0) is 38.6 Å². The number of nitrogens with zero attached hydrogens (tertiary/aromatic N) is 6. The summed E-state index contributed by atoms with van der Waals surface area (Å²) >= 11 is 0. The Bertz CT molecular complexity index is 1210. The van der Waals surface area contributed by atoms with Crippen molar-refractivity contribution in [2.45, 2.75) is 38.1 Å². The summed E-state index contributed by atoms with van der Waals surface area (Å²) in [5.74, 6) is 2.76. The Hall–Kier alpha value is -3.24. The normalized spacial score (nSPS) is 20.1. The van der Waals surface area contributed by atoms with E-state index in [9.17, 15) is 0 Å². The number of nitrogens with one attached hydrogen (secondary N) is 2. The molecule has 0 aromatic carbocycles. The minimum Gasteiger partial charge on any atom is -0.490 e. The van der Waals surface area contributed by atoms with Gasteiger partial charge in [-0.2, -0.15) is 0 Å². The minimum absolute atomic E-state index is 0.249. The van der Waals surface area contributed by atoms with Gasteiger partial charge in [0.25, 0.3) is 0 Å². The summed E-state index contributed by atoms with van der Waals surface area (Å²) in [5, 5.41) is 3.57. The van der Waals surface area contributed by atoms with E-state index in [4.69, 9.17) is 14.5 Å². The molecule has 0 saturated carbocycles. The largest absolute Gasteiger partial charge is 0.490 e. The summed E-state index contributed by atoms with van der Waals surface area (Å²) in [6, 6.07) is 0.249. The first-order chi connectivity index (χ1) is 17.9.